The third-order valence-corrected chi connectivity index (χ3v) is 3.14. The van der Waals surface area contributed by atoms with Crippen LogP contribution >= 0.6 is 0 Å². The Balaban J connectivity index is 2.34. The third-order valence-electron chi connectivity index (χ3n) is 3.14. The highest BCUT2D eigenvalue weighted by Gasteiger charge is 2.02. The van der Waals surface area contributed by atoms with Crippen molar-refractivity contribution >= 4 is 5.96 Å². The number of rotatable bonds is 7. The molecule has 4 heteroatoms. The molecule has 0 aliphatic carbocycles. The quantitative estimate of drug-likeness (QED) is 0.602. The first-order chi connectivity index (χ1) is 9.17. The van der Waals surface area contributed by atoms with Crippen LogP contribution in [-0.4, -0.2) is 49.0 Å². The largest absolute Gasteiger partial charge is 0.370 e. The maximum absolute atomic E-state index is 5.94. The number of hydrogen-bond acceptors (Lipinski definition) is 2. The second-order valence-corrected chi connectivity index (χ2v) is 4.64. The van der Waals surface area contributed by atoms with Gasteiger partial charge < -0.3 is 15.5 Å². The van der Waals surface area contributed by atoms with Crippen molar-refractivity contribution in [3.05, 3.63) is 35.9 Å². The zero-order valence-corrected chi connectivity index (χ0v) is 12.3. The van der Waals surface area contributed by atoms with Crippen LogP contribution in [0.15, 0.2) is 35.3 Å². The fourth-order valence-electron chi connectivity index (χ4n) is 1.96. The normalized spacial score (nSPS) is 11.9. The molecule has 1 aromatic carbocycles. The van der Waals surface area contributed by atoms with E-state index in [9.17, 15) is 0 Å². The first kappa shape index (κ1) is 15.5. The van der Waals surface area contributed by atoms with E-state index in [1.807, 2.05) is 6.07 Å². The van der Waals surface area contributed by atoms with Gasteiger partial charge in [-0.1, -0.05) is 30.3 Å². The number of guanidine groups is 1. The Hall–Kier alpha value is -1.55. The molecule has 4 nitrogen and oxygen atoms in total. The van der Waals surface area contributed by atoms with Gasteiger partial charge in [-0.15, -0.1) is 0 Å². The third kappa shape index (κ3) is 5.75. The van der Waals surface area contributed by atoms with Gasteiger partial charge in [-0.2, -0.15) is 0 Å². The molecular formula is C15H26N4. The minimum Gasteiger partial charge on any atom is -0.370 e. The van der Waals surface area contributed by atoms with Crippen LogP contribution in [0.1, 0.15) is 19.4 Å². The zero-order valence-electron chi connectivity index (χ0n) is 12.3. The Bertz CT molecular complexity index is 371. The second kappa shape index (κ2) is 8.53. The first-order valence-corrected chi connectivity index (χ1v) is 6.94. The van der Waals surface area contributed by atoms with Crippen molar-refractivity contribution < 1.29 is 0 Å². The molecule has 0 aliphatic rings. The molecule has 0 fully saturated rings. The average Bonchev–Trinajstić information content (AvgIpc) is 2.41. The van der Waals surface area contributed by atoms with Gasteiger partial charge in [-0.05, 0) is 26.5 Å². The van der Waals surface area contributed by atoms with E-state index in [1.165, 1.54) is 5.56 Å². The Morgan fingerprint density at radius 3 is 2.37 bits per heavy atom. The van der Waals surface area contributed by atoms with Crippen molar-refractivity contribution in [2.24, 2.45) is 10.7 Å². The van der Waals surface area contributed by atoms with Crippen LogP contribution in [0, 0.1) is 0 Å². The smallest absolute Gasteiger partial charge is 0.191 e. The highest BCUT2D eigenvalue weighted by molar-refractivity contribution is 5.77. The molecule has 0 spiro atoms. The molecule has 0 amide bonds. The lowest BCUT2D eigenvalue weighted by Crippen LogP contribution is -2.37. The highest BCUT2D eigenvalue weighted by atomic mass is 15.2. The molecule has 0 saturated heterocycles. The minimum atomic E-state index is 0.651. The summed E-state index contributed by atoms with van der Waals surface area (Å²) in [6.45, 7) is 8.60. The molecule has 0 radical (unpaired) electrons. The Labute approximate surface area is 116 Å². The number of aliphatic imine (C=N–C) groups is 1. The van der Waals surface area contributed by atoms with E-state index >= 15 is 0 Å². The van der Waals surface area contributed by atoms with Gasteiger partial charge in [0, 0.05) is 26.2 Å². The van der Waals surface area contributed by atoms with E-state index in [-0.39, 0.29) is 0 Å². The molecule has 19 heavy (non-hydrogen) atoms. The number of nitrogens with two attached hydrogens (primary N) is 1. The molecule has 0 aromatic heterocycles. The van der Waals surface area contributed by atoms with Crippen LogP contribution < -0.4 is 5.73 Å². The predicted octanol–water partition coefficient (Wildman–Crippen LogP) is 1.77. The second-order valence-electron chi connectivity index (χ2n) is 4.64. The number of benzene rings is 1. The van der Waals surface area contributed by atoms with E-state index in [4.69, 9.17) is 5.73 Å². The lowest BCUT2D eigenvalue weighted by Gasteiger charge is -2.20. The summed E-state index contributed by atoms with van der Waals surface area (Å²) in [7, 11) is 2.11. The molecular weight excluding hydrogens is 236 g/mol. The Kier molecular flexibility index (Phi) is 6.97. The van der Waals surface area contributed by atoms with Crippen molar-refractivity contribution in [1.29, 1.82) is 0 Å². The van der Waals surface area contributed by atoms with Crippen LogP contribution in [0.2, 0.25) is 0 Å². The van der Waals surface area contributed by atoms with Crippen LogP contribution in [0.25, 0.3) is 0 Å². The van der Waals surface area contributed by atoms with Crippen LogP contribution in [-0.2, 0) is 6.54 Å². The molecule has 106 valence electrons. The van der Waals surface area contributed by atoms with Crippen LogP contribution in [0.5, 0.6) is 0 Å². The SMILES string of the molecule is CCN(CC)C(N)=NCCN(C)Cc1ccccc1. The van der Waals surface area contributed by atoms with Gasteiger partial charge >= 0.3 is 0 Å². The van der Waals surface area contributed by atoms with E-state index in [0.29, 0.717) is 5.96 Å². The topological polar surface area (TPSA) is 44.9 Å². The summed E-state index contributed by atoms with van der Waals surface area (Å²) in [4.78, 5) is 8.75. The Morgan fingerprint density at radius 2 is 1.79 bits per heavy atom. The minimum absolute atomic E-state index is 0.651. The summed E-state index contributed by atoms with van der Waals surface area (Å²) in [6, 6.07) is 10.5. The van der Waals surface area contributed by atoms with E-state index < -0.39 is 0 Å². The van der Waals surface area contributed by atoms with Gasteiger partial charge in [0.25, 0.3) is 0 Å². The van der Waals surface area contributed by atoms with Gasteiger partial charge in [-0.25, -0.2) is 0 Å². The van der Waals surface area contributed by atoms with Gasteiger partial charge in [0.2, 0.25) is 0 Å². The van der Waals surface area contributed by atoms with Crippen LogP contribution in [0.3, 0.4) is 0 Å². The summed E-state index contributed by atoms with van der Waals surface area (Å²) in [6.07, 6.45) is 0. The molecule has 1 rings (SSSR count). The van der Waals surface area contributed by atoms with Crippen molar-refractivity contribution in [2.75, 3.05) is 33.2 Å². The number of nitrogens with zero attached hydrogens (tertiary/aromatic N) is 3. The van der Waals surface area contributed by atoms with E-state index in [0.717, 1.165) is 32.7 Å². The summed E-state index contributed by atoms with van der Waals surface area (Å²) < 4.78 is 0. The molecule has 0 bridgehead atoms. The zero-order chi connectivity index (χ0) is 14.1. The number of likely N-dealkylation sites (N-methyl/N-ethyl adjacent to an activating group) is 1. The monoisotopic (exact) mass is 262 g/mol. The van der Waals surface area contributed by atoms with Crippen molar-refractivity contribution in [2.45, 2.75) is 20.4 Å². The lowest BCUT2D eigenvalue weighted by atomic mass is 10.2. The molecule has 0 aliphatic heterocycles. The fraction of sp³-hybridized carbons (Fsp3) is 0.533. The molecule has 0 saturated carbocycles. The predicted molar refractivity (Wildman–Crippen MR) is 82.2 cm³/mol. The molecule has 0 heterocycles. The molecule has 2 N–H and O–H groups in total. The standard InChI is InChI=1S/C15H26N4/c1-4-19(5-2)15(16)17-11-12-18(3)13-14-9-7-6-8-10-14/h6-10H,4-5,11-13H2,1-3H3,(H2,16,17). The van der Waals surface area contributed by atoms with Gasteiger partial charge in [-0.3, -0.25) is 4.99 Å². The lowest BCUT2D eigenvalue weighted by molar-refractivity contribution is 0.335. The molecule has 0 atom stereocenters. The maximum Gasteiger partial charge on any atom is 0.191 e. The maximum atomic E-state index is 5.94. The van der Waals surface area contributed by atoms with Crippen LogP contribution in [0.4, 0.5) is 0 Å². The summed E-state index contributed by atoms with van der Waals surface area (Å²) in [5.74, 6) is 0.651. The Morgan fingerprint density at radius 1 is 1.16 bits per heavy atom. The van der Waals surface area contributed by atoms with Gasteiger partial charge in [0.15, 0.2) is 5.96 Å². The van der Waals surface area contributed by atoms with Gasteiger partial charge in [0.05, 0.1) is 6.54 Å². The number of hydrogen-bond donors (Lipinski definition) is 1. The summed E-state index contributed by atoms with van der Waals surface area (Å²) in [5, 5.41) is 0. The average molecular weight is 262 g/mol. The molecule has 0 unspecified atom stereocenters. The van der Waals surface area contributed by atoms with E-state index in [2.05, 4.69) is 60.0 Å². The summed E-state index contributed by atoms with van der Waals surface area (Å²) in [5.41, 5.74) is 7.26. The van der Waals surface area contributed by atoms with Gasteiger partial charge in [0.1, 0.15) is 0 Å². The van der Waals surface area contributed by atoms with Crippen molar-refractivity contribution in [3.8, 4) is 0 Å². The van der Waals surface area contributed by atoms with Crippen molar-refractivity contribution in [1.82, 2.24) is 9.80 Å². The summed E-state index contributed by atoms with van der Waals surface area (Å²) >= 11 is 0. The van der Waals surface area contributed by atoms with E-state index in [1.54, 1.807) is 0 Å². The molecule has 1 aromatic rings. The fourth-order valence-corrected chi connectivity index (χ4v) is 1.96. The first-order valence-electron chi connectivity index (χ1n) is 6.94. The highest BCUT2D eigenvalue weighted by Crippen LogP contribution is 2.02. The van der Waals surface area contributed by atoms with Crippen molar-refractivity contribution in [3.63, 3.8) is 0 Å².